The Kier molecular flexibility index (Phi) is 4.43. The van der Waals surface area contributed by atoms with Crippen molar-refractivity contribution in [3.8, 4) is 0 Å². The summed E-state index contributed by atoms with van der Waals surface area (Å²) in [5.41, 5.74) is 1.44. The Labute approximate surface area is 121 Å². The molecule has 0 aliphatic carbocycles. The van der Waals surface area contributed by atoms with Gasteiger partial charge in [-0.3, -0.25) is 4.90 Å². The van der Waals surface area contributed by atoms with Gasteiger partial charge in [-0.05, 0) is 23.1 Å². The molecule has 1 unspecified atom stereocenters. The van der Waals surface area contributed by atoms with E-state index in [-0.39, 0.29) is 11.3 Å². The van der Waals surface area contributed by atoms with Crippen molar-refractivity contribution in [2.24, 2.45) is 5.92 Å². The van der Waals surface area contributed by atoms with E-state index >= 15 is 0 Å². The Morgan fingerprint density at radius 2 is 2.20 bits per heavy atom. The minimum absolute atomic E-state index is 0.123. The molecule has 0 spiro atoms. The van der Waals surface area contributed by atoms with Crippen LogP contribution in [0.25, 0.3) is 0 Å². The van der Waals surface area contributed by atoms with Crippen LogP contribution < -0.4 is 5.32 Å². The number of hydrogen-bond acceptors (Lipinski definition) is 4. The minimum atomic E-state index is 0.123. The quantitative estimate of drug-likeness (QED) is 0.838. The first-order valence-corrected chi connectivity index (χ1v) is 7.29. The van der Waals surface area contributed by atoms with Crippen molar-refractivity contribution in [2.45, 2.75) is 39.2 Å². The molecule has 1 N–H and O–H groups in total. The molecule has 1 aliphatic rings. The number of likely N-dealkylation sites (tertiary alicyclic amines) is 1. The summed E-state index contributed by atoms with van der Waals surface area (Å²) >= 11 is 0. The number of carbonyl (C=O) groups is 1. The van der Waals surface area contributed by atoms with Gasteiger partial charge < -0.3 is 10.1 Å². The molecular formula is C16H25N3O. The molecule has 20 heavy (non-hydrogen) atoms. The Morgan fingerprint density at radius 3 is 2.80 bits per heavy atom. The van der Waals surface area contributed by atoms with Gasteiger partial charge in [0.15, 0.2) is 0 Å². The molecule has 1 fully saturated rings. The predicted octanol–water partition coefficient (Wildman–Crippen LogP) is 2.31. The molecule has 1 aliphatic heterocycles. The van der Waals surface area contributed by atoms with Crippen LogP contribution in [0.3, 0.4) is 0 Å². The topological polar surface area (TPSA) is 45.2 Å². The number of aromatic nitrogens is 1. The van der Waals surface area contributed by atoms with E-state index in [0.29, 0.717) is 6.04 Å². The standard InChI is InChI=1S/C16H25N3O/c1-12(11-20)8-19-9-14(10-19)18-15-7-13(5-6-17-15)16(2,3)4/h5-7,11-12,14H,8-10H2,1-4H3,(H,17,18). The maximum absolute atomic E-state index is 10.6. The zero-order chi connectivity index (χ0) is 14.8. The number of hydrogen-bond donors (Lipinski definition) is 1. The van der Waals surface area contributed by atoms with Gasteiger partial charge >= 0.3 is 0 Å². The third-order valence-corrected chi connectivity index (χ3v) is 3.71. The highest BCUT2D eigenvalue weighted by molar-refractivity contribution is 5.53. The van der Waals surface area contributed by atoms with Gasteiger partial charge in [0.25, 0.3) is 0 Å². The van der Waals surface area contributed by atoms with Crippen LogP contribution in [-0.2, 0) is 10.2 Å². The van der Waals surface area contributed by atoms with Crippen molar-refractivity contribution >= 4 is 12.1 Å². The Morgan fingerprint density at radius 1 is 1.50 bits per heavy atom. The van der Waals surface area contributed by atoms with Crippen molar-refractivity contribution < 1.29 is 4.79 Å². The van der Waals surface area contributed by atoms with Crippen LogP contribution in [0.2, 0.25) is 0 Å². The van der Waals surface area contributed by atoms with Crippen molar-refractivity contribution in [2.75, 3.05) is 25.0 Å². The molecule has 4 heteroatoms. The molecule has 1 atom stereocenters. The fourth-order valence-corrected chi connectivity index (χ4v) is 2.45. The first-order valence-electron chi connectivity index (χ1n) is 7.29. The van der Waals surface area contributed by atoms with Crippen molar-refractivity contribution in [1.82, 2.24) is 9.88 Å². The monoisotopic (exact) mass is 275 g/mol. The molecule has 2 heterocycles. The Balaban J connectivity index is 1.86. The SMILES string of the molecule is CC(C=O)CN1CC(Nc2cc(C(C)(C)C)ccn2)C1. The summed E-state index contributed by atoms with van der Waals surface area (Å²) in [5, 5.41) is 3.47. The van der Waals surface area contributed by atoms with Gasteiger partial charge in [0.05, 0.1) is 6.04 Å². The first-order chi connectivity index (χ1) is 9.38. The molecule has 110 valence electrons. The van der Waals surface area contributed by atoms with Gasteiger partial charge in [-0.25, -0.2) is 4.98 Å². The molecule has 4 nitrogen and oxygen atoms in total. The molecule has 1 saturated heterocycles. The number of carbonyl (C=O) groups excluding carboxylic acids is 1. The first kappa shape index (κ1) is 15.0. The van der Waals surface area contributed by atoms with Crippen molar-refractivity contribution in [3.63, 3.8) is 0 Å². The Bertz CT molecular complexity index is 461. The number of aldehydes is 1. The van der Waals surface area contributed by atoms with E-state index in [1.54, 1.807) is 0 Å². The number of nitrogens with zero attached hydrogens (tertiary/aromatic N) is 2. The van der Waals surface area contributed by atoms with E-state index in [2.05, 4.69) is 48.1 Å². The van der Waals surface area contributed by atoms with Gasteiger partial charge in [0.2, 0.25) is 0 Å². The smallest absolute Gasteiger partial charge is 0.126 e. The van der Waals surface area contributed by atoms with Crippen LogP contribution in [0.15, 0.2) is 18.3 Å². The lowest BCUT2D eigenvalue weighted by molar-refractivity contribution is -0.111. The number of rotatable bonds is 5. The molecule has 1 aromatic heterocycles. The molecule has 0 bridgehead atoms. The highest BCUT2D eigenvalue weighted by Crippen LogP contribution is 2.24. The summed E-state index contributed by atoms with van der Waals surface area (Å²) in [7, 11) is 0. The fourth-order valence-electron chi connectivity index (χ4n) is 2.45. The van der Waals surface area contributed by atoms with E-state index in [1.807, 2.05) is 13.1 Å². The van der Waals surface area contributed by atoms with E-state index in [4.69, 9.17) is 0 Å². The van der Waals surface area contributed by atoms with Gasteiger partial charge in [-0.15, -0.1) is 0 Å². The van der Waals surface area contributed by atoms with E-state index < -0.39 is 0 Å². The highest BCUT2D eigenvalue weighted by atomic mass is 16.1. The van der Waals surface area contributed by atoms with Crippen LogP contribution >= 0.6 is 0 Å². The summed E-state index contributed by atoms with van der Waals surface area (Å²) in [4.78, 5) is 17.3. The fraction of sp³-hybridized carbons (Fsp3) is 0.625. The van der Waals surface area contributed by atoms with Crippen molar-refractivity contribution in [1.29, 1.82) is 0 Å². The predicted molar refractivity (Wildman–Crippen MR) is 82.0 cm³/mol. The van der Waals surface area contributed by atoms with Gasteiger partial charge in [0.1, 0.15) is 12.1 Å². The second-order valence-electron chi connectivity index (χ2n) is 6.85. The summed E-state index contributed by atoms with van der Waals surface area (Å²) in [6.45, 7) is 11.4. The molecule has 0 saturated carbocycles. The molecule has 0 aromatic carbocycles. The third-order valence-electron chi connectivity index (χ3n) is 3.71. The van der Waals surface area contributed by atoms with E-state index in [1.165, 1.54) is 5.56 Å². The molecule has 0 amide bonds. The van der Waals surface area contributed by atoms with Crippen LogP contribution in [0.4, 0.5) is 5.82 Å². The summed E-state index contributed by atoms with van der Waals surface area (Å²) in [6.07, 6.45) is 2.89. The minimum Gasteiger partial charge on any atom is -0.365 e. The van der Waals surface area contributed by atoms with E-state index in [0.717, 1.165) is 31.7 Å². The second kappa shape index (κ2) is 5.92. The lowest BCUT2D eigenvalue weighted by Gasteiger charge is -2.40. The van der Waals surface area contributed by atoms with Gasteiger partial charge in [-0.1, -0.05) is 27.7 Å². The average Bonchev–Trinajstić information content (AvgIpc) is 2.35. The highest BCUT2D eigenvalue weighted by Gasteiger charge is 2.27. The molecule has 2 rings (SSSR count). The molecule has 1 aromatic rings. The zero-order valence-electron chi connectivity index (χ0n) is 12.9. The van der Waals surface area contributed by atoms with Gasteiger partial charge in [-0.2, -0.15) is 0 Å². The summed E-state index contributed by atoms with van der Waals surface area (Å²) in [5.74, 6) is 1.07. The lowest BCUT2D eigenvalue weighted by Crippen LogP contribution is -2.55. The van der Waals surface area contributed by atoms with Crippen LogP contribution in [0.1, 0.15) is 33.3 Å². The number of anilines is 1. The van der Waals surface area contributed by atoms with Crippen molar-refractivity contribution in [3.05, 3.63) is 23.9 Å². The normalized spacial score (nSPS) is 18.4. The largest absolute Gasteiger partial charge is 0.365 e. The van der Waals surface area contributed by atoms with E-state index in [9.17, 15) is 4.79 Å². The maximum Gasteiger partial charge on any atom is 0.126 e. The molecular weight excluding hydrogens is 250 g/mol. The maximum atomic E-state index is 10.6. The summed E-state index contributed by atoms with van der Waals surface area (Å²) < 4.78 is 0. The second-order valence-corrected chi connectivity index (χ2v) is 6.85. The van der Waals surface area contributed by atoms with Crippen LogP contribution in [-0.4, -0.2) is 41.8 Å². The Hall–Kier alpha value is -1.42. The van der Waals surface area contributed by atoms with Gasteiger partial charge in [0, 0.05) is 31.7 Å². The summed E-state index contributed by atoms with van der Waals surface area (Å²) in [6, 6.07) is 4.65. The zero-order valence-corrected chi connectivity index (χ0v) is 12.9. The van der Waals surface area contributed by atoms with Crippen LogP contribution in [0.5, 0.6) is 0 Å². The molecule has 0 radical (unpaired) electrons. The van der Waals surface area contributed by atoms with Crippen LogP contribution in [0, 0.1) is 5.92 Å². The number of pyridine rings is 1. The lowest BCUT2D eigenvalue weighted by atomic mass is 9.88. The third kappa shape index (κ3) is 3.79. The average molecular weight is 275 g/mol. The number of nitrogens with one attached hydrogen (secondary N) is 1.